The average molecular weight is 337 g/mol. The van der Waals surface area contributed by atoms with Gasteiger partial charge in [-0.2, -0.15) is 0 Å². The minimum absolute atomic E-state index is 0.130. The van der Waals surface area contributed by atoms with Gasteiger partial charge in [0.1, 0.15) is 17.4 Å². The first-order valence-electron chi connectivity index (χ1n) is 7.83. The molecule has 0 aliphatic rings. The molecule has 0 saturated carbocycles. The highest BCUT2D eigenvalue weighted by atomic mass is 19.1. The smallest absolute Gasteiger partial charge is 0.315 e. The highest BCUT2D eigenvalue weighted by molar-refractivity contribution is 5.74. The van der Waals surface area contributed by atoms with Crippen LogP contribution < -0.4 is 10.6 Å². The third-order valence-electron chi connectivity index (χ3n) is 3.69. The second-order valence-corrected chi connectivity index (χ2v) is 5.58. The van der Waals surface area contributed by atoms with Crippen LogP contribution in [0.15, 0.2) is 22.6 Å². The van der Waals surface area contributed by atoms with E-state index >= 15 is 0 Å². The zero-order valence-electron chi connectivity index (χ0n) is 14.0. The van der Waals surface area contributed by atoms with Gasteiger partial charge in [0.05, 0.1) is 18.3 Å². The molecule has 24 heavy (non-hydrogen) atoms. The summed E-state index contributed by atoms with van der Waals surface area (Å²) >= 11 is 0. The topological polar surface area (TPSA) is 67.2 Å². The fourth-order valence-electron chi connectivity index (χ4n) is 2.36. The first-order valence-corrected chi connectivity index (χ1v) is 7.83. The molecule has 0 spiro atoms. The minimum atomic E-state index is -0.673. The predicted molar refractivity (Wildman–Crippen MR) is 85.4 cm³/mol. The van der Waals surface area contributed by atoms with Crippen LogP contribution in [0.25, 0.3) is 0 Å². The van der Waals surface area contributed by atoms with Crippen LogP contribution in [0.1, 0.15) is 48.7 Å². The zero-order chi connectivity index (χ0) is 17.7. The van der Waals surface area contributed by atoms with Crippen molar-refractivity contribution in [2.24, 2.45) is 0 Å². The molecule has 2 amide bonds. The van der Waals surface area contributed by atoms with E-state index in [1.165, 1.54) is 12.1 Å². The van der Waals surface area contributed by atoms with Gasteiger partial charge >= 0.3 is 6.03 Å². The van der Waals surface area contributed by atoms with E-state index in [2.05, 4.69) is 15.6 Å². The lowest BCUT2D eigenvalue weighted by Gasteiger charge is -2.19. The van der Waals surface area contributed by atoms with Gasteiger partial charge in [-0.1, -0.05) is 19.4 Å². The maximum Gasteiger partial charge on any atom is 0.315 e. The predicted octanol–water partition coefficient (Wildman–Crippen LogP) is 3.91. The number of rotatable bonds is 6. The molecule has 0 aliphatic heterocycles. The summed E-state index contributed by atoms with van der Waals surface area (Å²) in [6.45, 7) is 5.66. The molecule has 5 nitrogen and oxygen atoms in total. The Kier molecular flexibility index (Phi) is 5.89. The van der Waals surface area contributed by atoms with E-state index in [9.17, 15) is 13.6 Å². The average Bonchev–Trinajstić information content (AvgIpc) is 2.83. The van der Waals surface area contributed by atoms with E-state index in [0.717, 1.165) is 18.2 Å². The van der Waals surface area contributed by atoms with E-state index in [0.29, 0.717) is 18.1 Å². The summed E-state index contributed by atoms with van der Waals surface area (Å²) < 4.78 is 32.4. The van der Waals surface area contributed by atoms with Crippen LogP contribution in [-0.4, -0.2) is 11.0 Å². The van der Waals surface area contributed by atoms with Crippen LogP contribution in [0.4, 0.5) is 13.6 Å². The molecule has 2 rings (SSSR count). The van der Waals surface area contributed by atoms with Crippen LogP contribution in [-0.2, 0) is 6.54 Å². The van der Waals surface area contributed by atoms with Crippen molar-refractivity contribution in [2.75, 3.05) is 0 Å². The number of carbonyl (C=O) groups excluding carboxylic acids is 1. The second-order valence-electron chi connectivity index (χ2n) is 5.58. The number of hydrogen-bond acceptors (Lipinski definition) is 3. The molecule has 0 bridgehead atoms. The number of carbonyl (C=O) groups is 1. The molecule has 0 fully saturated rings. The summed E-state index contributed by atoms with van der Waals surface area (Å²) in [5, 5.41) is 5.33. The highest BCUT2D eigenvalue weighted by Gasteiger charge is 2.18. The Balaban J connectivity index is 2.00. The van der Waals surface area contributed by atoms with Crippen LogP contribution in [0.2, 0.25) is 0 Å². The van der Waals surface area contributed by atoms with E-state index < -0.39 is 23.7 Å². The number of hydrogen-bond donors (Lipinski definition) is 2. The summed E-state index contributed by atoms with van der Waals surface area (Å²) in [6.07, 6.45) is 1.27. The number of nitrogens with one attached hydrogen (secondary N) is 2. The van der Waals surface area contributed by atoms with E-state index in [1.54, 1.807) is 6.92 Å². The molecule has 1 heterocycles. The number of aryl methyl sites for hydroxylation is 2. The molecule has 0 radical (unpaired) electrons. The lowest BCUT2D eigenvalue weighted by molar-refractivity contribution is 0.234. The molecule has 0 saturated heterocycles. The fraction of sp³-hybridized carbons (Fsp3) is 0.412. The van der Waals surface area contributed by atoms with Crippen molar-refractivity contribution in [3.63, 3.8) is 0 Å². The molecule has 2 aromatic rings. The third-order valence-corrected chi connectivity index (χ3v) is 3.69. The van der Waals surface area contributed by atoms with Crippen molar-refractivity contribution in [3.05, 3.63) is 52.7 Å². The quantitative estimate of drug-likeness (QED) is 0.840. The van der Waals surface area contributed by atoms with Gasteiger partial charge in [-0.25, -0.2) is 18.6 Å². The summed E-state index contributed by atoms with van der Waals surface area (Å²) in [7, 11) is 0. The Morgan fingerprint density at radius 1 is 1.33 bits per heavy atom. The number of amides is 2. The molecule has 1 aromatic carbocycles. The SMILES string of the molecule is CCC[C@@H](NC(=O)NCc1nc(C)c(C)o1)c1ccc(F)cc1F. The van der Waals surface area contributed by atoms with Crippen molar-refractivity contribution >= 4 is 6.03 Å². The molecule has 1 atom stereocenters. The molecule has 2 N–H and O–H groups in total. The van der Waals surface area contributed by atoms with Crippen LogP contribution >= 0.6 is 0 Å². The van der Waals surface area contributed by atoms with Crippen molar-refractivity contribution in [2.45, 2.75) is 46.2 Å². The van der Waals surface area contributed by atoms with Gasteiger partial charge in [-0.15, -0.1) is 0 Å². The van der Waals surface area contributed by atoms with Gasteiger partial charge in [-0.05, 0) is 26.3 Å². The lowest BCUT2D eigenvalue weighted by Crippen LogP contribution is -2.38. The van der Waals surface area contributed by atoms with Gasteiger partial charge in [-0.3, -0.25) is 0 Å². The molecule has 0 aliphatic carbocycles. The van der Waals surface area contributed by atoms with E-state index in [4.69, 9.17) is 4.42 Å². The summed E-state index contributed by atoms with van der Waals surface area (Å²) in [5.74, 6) is -0.220. The van der Waals surface area contributed by atoms with Crippen molar-refractivity contribution < 1.29 is 18.0 Å². The van der Waals surface area contributed by atoms with Crippen molar-refractivity contribution in [3.8, 4) is 0 Å². The third kappa shape index (κ3) is 4.53. The van der Waals surface area contributed by atoms with Gasteiger partial charge in [0, 0.05) is 11.6 Å². The minimum Gasteiger partial charge on any atom is -0.444 e. The zero-order valence-corrected chi connectivity index (χ0v) is 14.0. The van der Waals surface area contributed by atoms with Gasteiger partial charge in [0.2, 0.25) is 5.89 Å². The maximum atomic E-state index is 13.9. The lowest BCUT2D eigenvalue weighted by atomic mass is 10.0. The molecule has 0 unspecified atom stereocenters. The summed E-state index contributed by atoms with van der Waals surface area (Å²) in [5.41, 5.74) is 1.03. The van der Waals surface area contributed by atoms with Crippen LogP contribution in [0, 0.1) is 25.5 Å². The Morgan fingerprint density at radius 3 is 2.67 bits per heavy atom. The molecular formula is C17H21F2N3O2. The van der Waals surface area contributed by atoms with Crippen molar-refractivity contribution in [1.82, 2.24) is 15.6 Å². The van der Waals surface area contributed by atoms with Crippen LogP contribution in [0.3, 0.4) is 0 Å². The number of nitrogens with zero attached hydrogens (tertiary/aromatic N) is 1. The number of benzene rings is 1. The normalized spacial score (nSPS) is 12.0. The summed E-state index contributed by atoms with van der Waals surface area (Å²) in [6, 6.07) is 2.34. The van der Waals surface area contributed by atoms with Gasteiger partial charge in [0.15, 0.2) is 0 Å². The van der Waals surface area contributed by atoms with Gasteiger partial charge < -0.3 is 15.1 Å². The molecule has 7 heteroatoms. The van der Waals surface area contributed by atoms with E-state index in [-0.39, 0.29) is 12.1 Å². The highest BCUT2D eigenvalue weighted by Crippen LogP contribution is 2.22. The maximum absolute atomic E-state index is 13.9. The number of urea groups is 1. The Bertz CT molecular complexity index is 696. The Hall–Kier alpha value is -2.44. The van der Waals surface area contributed by atoms with E-state index in [1.807, 2.05) is 13.8 Å². The monoisotopic (exact) mass is 337 g/mol. The van der Waals surface area contributed by atoms with Crippen LogP contribution in [0.5, 0.6) is 0 Å². The molecule has 1 aromatic heterocycles. The number of halogens is 2. The first-order chi connectivity index (χ1) is 11.4. The molecule has 130 valence electrons. The summed E-state index contributed by atoms with van der Waals surface area (Å²) in [4.78, 5) is 16.2. The second kappa shape index (κ2) is 7.90. The number of oxazole rings is 1. The van der Waals surface area contributed by atoms with Crippen molar-refractivity contribution in [1.29, 1.82) is 0 Å². The van der Waals surface area contributed by atoms with Gasteiger partial charge in [0.25, 0.3) is 0 Å². The molecular weight excluding hydrogens is 316 g/mol. The first kappa shape index (κ1) is 17.9. The Labute approximate surface area is 139 Å². The fourth-order valence-corrected chi connectivity index (χ4v) is 2.36. The Morgan fingerprint density at radius 2 is 2.08 bits per heavy atom. The largest absolute Gasteiger partial charge is 0.444 e. The standard InChI is InChI=1S/C17H21F2N3O2/c1-4-5-15(13-7-6-12(18)8-14(13)19)22-17(23)20-9-16-21-10(2)11(3)24-16/h6-8,15H,4-5,9H2,1-3H3,(H2,20,22,23)/t15-/m1/s1. The number of aromatic nitrogens is 1.